The Kier molecular flexibility index (Phi) is 4.59. The first-order valence-corrected chi connectivity index (χ1v) is 8.66. The van der Waals surface area contributed by atoms with Gasteiger partial charge >= 0.3 is 0 Å². The molecule has 0 radical (unpaired) electrons. The van der Waals surface area contributed by atoms with Crippen LogP contribution >= 0.6 is 0 Å². The minimum Gasteiger partial charge on any atom is -0.322 e. The number of carbonyl (C=O) groups is 1. The smallest absolute Gasteiger partial charge is 0.267 e. The van der Waals surface area contributed by atoms with Gasteiger partial charge in [0.05, 0.1) is 11.1 Å². The number of hydrogen-bond acceptors (Lipinski definition) is 4. The van der Waals surface area contributed by atoms with Gasteiger partial charge in [-0.15, -0.1) is 0 Å². The standard InChI is InChI=1S/C21H14F2N4O2/c1-12-25-19-15(4-3-11-24-19)21(29)27(12)14-9-7-13(8-10-14)26-20(28)18-16(22)5-2-6-17(18)23/h2-11H,1H3,(H,26,28). The van der Waals surface area contributed by atoms with Crippen LogP contribution in [-0.2, 0) is 0 Å². The molecule has 2 aromatic heterocycles. The molecular formula is C21H14F2N4O2. The number of aromatic nitrogens is 3. The van der Waals surface area contributed by atoms with Crippen LogP contribution in [0.15, 0.2) is 65.6 Å². The molecule has 1 amide bonds. The Morgan fingerprint density at radius 2 is 1.69 bits per heavy atom. The summed E-state index contributed by atoms with van der Waals surface area (Å²) in [5.41, 5.74) is 0.283. The van der Waals surface area contributed by atoms with Crippen molar-refractivity contribution in [2.45, 2.75) is 6.92 Å². The first kappa shape index (κ1) is 18.4. The SMILES string of the molecule is Cc1nc2ncccc2c(=O)n1-c1ccc(NC(=O)c2c(F)cccc2F)cc1. The molecule has 1 N–H and O–H groups in total. The number of halogens is 2. The summed E-state index contributed by atoms with van der Waals surface area (Å²) in [6.07, 6.45) is 1.56. The highest BCUT2D eigenvalue weighted by molar-refractivity contribution is 6.04. The molecule has 0 bridgehead atoms. The van der Waals surface area contributed by atoms with Crippen molar-refractivity contribution in [1.82, 2.24) is 14.5 Å². The molecular weight excluding hydrogens is 378 g/mol. The van der Waals surface area contributed by atoms with Gasteiger partial charge in [0.2, 0.25) is 0 Å². The third-order valence-corrected chi connectivity index (χ3v) is 4.38. The van der Waals surface area contributed by atoms with E-state index in [2.05, 4.69) is 15.3 Å². The third kappa shape index (κ3) is 3.36. The third-order valence-electron chi connectivity index (χ3n) is 4.38. The van der Waals surface area contributed by atoms with E-state index in [4.69, 9.17) is 0 Å². The van der Waals surface area contributed by atoms with Crippen molar-refractivity contribution in [1.29, 1.82) is 0 Å². The van der Waals surface area contributed by atoms with Crippen LogP contribution in [0.25, 0.3) is 16.7 Å². The van der Waals surface area contributed by atoms with E-state index in [1.165, 1.54) is 22.8 Å². The van der Waals surface area contributed by atoms with Crippen LogP contribution in [0.5, 0.6) is 0 Å². The summed E-state index contributed by atoms with van der Waals surface area (Å²) in [4.78, 5) is 33.4. The van der Waals surface area contributed by atoms with Crippen molar-refractivity contribution in [3.05, 3.63) is 94.2 Å². The quantitative estimate of drug-likeness (QED) is 0.578. The fourth-order valence-electron chi connectivity index (χ4n) is 3.03. The Hall–Kier alpha value is -3.94. The van der Waals surface area contributed by atoms with E-state index in [1.807, 2.05) is 0 Å². The van der Waals surface area contributed by atoms with Gasteiger partial charge in [-0.1, -0.05) is 6.07 Å². The summed E-state index contributed by atoms with van der Waals surface area (Å²) in [5, 5.41) is 2.83. The largest absolute Gasteiger partial charge is 0.322 e. The molecule has 6 nitrogen and oxygen atoms in total. The zero-order valence-corrected chi connectivity index (χ0v) is 15.2. The monoisotopic (exact) mass is 392 g/mol. The maximum atomic E-state index is 13.8. The van der Waals surface area contributed by atoms with Crippen molar-refractivity contribution in [3.63, 3.8) is 0 Å². The molecule has 4 rings (SSSR count). The number of benzene rings is 2. The lowest BCUT2D eigenvalue weighted by molar-refractivity contribution is 0.101. The Labute approximate surface area is 163 Å². The summed E-state index contributed by atoms with van der Waals surface area (Å²) in [6.45, 7) is 1.69. The summed E-state index contributed by atoms with van der Waals surface area (Å²) in [5.74, 6) is -2.35. The van der Waals surface area contributed by atoms with Gasteiger partial charge in [0.25, 0.3) is 11.5 Å². The molecule has 0 saturated heterocycles. The lowest BCUT2D eigenvalue weighted by Gasteiger charge is -2.12. The van der Waals surface area contributed by atoms with E-state index in [0.29, 0.717) is 28.2 Å². The average molecular weight is 392 g/mol. The molecule has 4 aromatic rings. The molecule has 8 heteroatoms. The number of hydrogen-bond donors (Lipinski definition) is 1. The normalized spacial score (nSPS) is 10.9. The summed E-state index contributed by atoms with van der Waals surface area (Å²) >= 11 is 0. The number of pyridine rings is 1. The van der Waals surface area contributed by atoms with Crippen LogP contribution in [0.1, 0.15) is 16.2 Å². The molecule has 2 aromatic carbocycles. The number of nitrogens with one attached hydrogen (secondary N) is 1. The van der Waals surface area contributed by atoms with Gasteiger partial charge < -0.3 is 5.32 Å². The lowest BCUT2D eigenvalue weighted by atomic mass is 10.1. The maximum Gasteiger partial charge on any atom is 0.267 e. The summed E-state index contributed by atoms with van der Waals surface area (Å²) in [6, 6.07) is 12.8. The fourth-order valence-corrected chi connectivity index (χ4v) is 3.03. The molecule has 144 valence electrons. The van der Waals surface area contributed by atoms with Crippen molar-refractivity contribution in [2.24, 2.45) is 0 Å². The van der Waals surface area contributed by atoms with E-state index in [9.17, 15) is 18.4 Å². The zero-order valence-electron chi connectivity index (χ0n) is 15.2. The Morgan fingerprint density at radius 3 is 2.38 bits per heavy atom. The maximum absolute atomic E-state index is 13.8. The lowest BCUT2D eigenvalue weighted by Crippen LogP contribution is -2.22. The van der Waals surface area contributed by atoms with Crippen molar-refractivity contribution in [2.75, 3.05) is 5.32 Å². The van der Waals surface area contributed by atoms with E-state index in [0.717, 1.165) is 12.1 Å². The van der Waals surface area contributed by atoms with Crippen LogP contribution in [-0.4, -0.2) is 20.4 Å². The number of amides is 1. The predicted octanol–water partition coefficient (Wildman–Crippen LogP) is 3.62. The Bertz CT molecular complexity index is 1280. The van der Waals surface area contributed by atoms with Gasteiger partial charge in [-0.3, -0.25) is 14.2 Å². The van der Waals surface area contributed by atoms with Gasteiger partial charge in [-0.2, -0.15) is 0 Å². The van der Waals surface area contributed by atoms with Crippen molar-refractivity contribution < 1.29 is 13.6 Å². The molecule has 0 atom stereocenters. The second-order valence-corrected chi connectivity index (χ2v) is 6.27. The minimum atomic E-state index is -0.947. The van der Waals surface area contributed by atoms with E-state index < -0.39 is 23.1 Å². The zero-order chi connectivity index (χ0) is 20.5. The number of rotatable bonds is 3. The van der Waals surface area contributed by atoms with Crippen molar-refractivity contribution >= 4 is 22.6 Å². The Morgan fingerprint density at radius 1 is 1.00 bits per heavy atom. The van der Waals surface area contributed by atoms with Gasteiger partial charge in [0.1, 0.15) is 23.0 Å². The number of aryl methyl sites for hydroxylation is 1. The van der Waals surface area contributed by atoms with Gasteiger partial charge in [-0.05, 0) is 55.5 Å². The summed E-state index contributed by atoms with van der Waals surface area (Å²) in [7, 11) is 0. The second kappa shape index (κ2) is 7.23. The Balaban J connectivity index is 1.66. The first-order chi connectivity index (χ1) is 14.0. The fraction of sp³-hybridized carbons (Fsp3) is 0.0476. The highest BCUT2D eigenvalue weighted by atomic mass is 19.1. The van der Waals surface area contributed by atoms with Gasteiger partial charge in [0, 0.05) is 11.9 Å². The molecule has 0 fully saturated rings. The van der Waals surface area contributed by atoms with Crippen LogP contribution in [0.4, 0.5) is 14.5 Å². The number of fused-ring (bicyclic) bond motifs is 1. The average Bonchev–Trinajstić information content (AvgIpc) is 2.69. The number of carbonyl (C=O) groups excluding carboxylic acids is 1. The molecule has 0 aliphatic heterocycles. The molecule has 0 spiro atoms. The molecule has 2 heterocycles. The molecule has 29 heavy (non-hydrogen) atoms. The highest BCUT2D eigenvalue weighted by Crippen LogP contribution is 2.18. The van der Waals surface area contributed by atoms with Crippen LogP contribution < -0.4 is 10.9 Å². The second-order valence-electron chi connectivity index (χ2n) is 6.27. The highest BCUT2D eigenvalue weighted by Gasteiger charge is 2.17. The minimum absolute atomic E-state index is 0.272. The molecule has 0 unspecified atom stereocenters. The molecule has 0 aliphatic rings. The van der Waals surface area contributed by atoms with Crippen LogP contribution in [0.2, 0.25) is 0 Å². The topological polar surface area (TPSA) is 76.9 Å². The predicted molar refractivity (Wildman–Crippen MR) is 104 cm³/mol. The van der Waals surface area contributed by atoms with Gasteiger partial charge in [0.15, 0.2) is 5.65 Å². The molecule has 0 aliphatic carbocycles. The van der Waals surface area contributed by atoms with E-state index in [1.54, 1.807) is 37.4 Å². The van der Waals surface area contributed by atoms with Gasteiger partial charge in [-0.25, -0.2) is 18.7 Å². The first-order valence-electron chi connectivity index (χ1n) is 8.66. The van der Waals surface area contributed by atoms with E-state index >= 15 is 0 Å². The van der Waals surface area contributed by atoms with Crippen LogP contribution in [0, 0.1) is 18.6 Å². The van der Waals surface area contributed by atoms with E-state index in [-0.39, 0.29) is 5.56 Å². The summed E-state index contributed by atoms with van der Waals surface area (Å²) < 4.78 is 28.9. The number of anilines is 1. The van der Waals surface area contributed by atoms with Crippen molar-refractivity contribution in [3.8, 4) is 5.69 Å². The molecule has 0 saturated carbocycles. The number of nitrogens with zero attached hydrogens (tertiary/aromatic N) is 3. The van der Waals surface area contributed by atoms with Crippen LogP contribution in [0.3, 0.4) is 0 Å².